The molecule has 1 N–H and O–H groups in total. The molecule has 3 nitrogen and oxygen atoms in total. The summed E-state index contributed by atoms with van der Waals surface area (Å²) in [6, 6.07) is 13.0. The topological polar surface area (TPSA) is 36.7 Å². The number of aromatic amines is 1. The molecular formula is C15H12FN2O+. The van der Waals surface area contributed by atoms with Crippen molar-refractivity contribution in [2.75, 3.05) is 0 Å². The predicted octanol–water partition coefficient (Wildman–Crippen LogP) is 2.00. The van der Waals surface area contributed by atoms with E-state index in [1.54, 1.807) is 6.07 Å². The van der Waals surface area contributed by atoms with Crippen LogP contribution in [-0.4, -0.2) is 4.98 Å². The van der Waals surface area contributed by atoms with Gasteiger partial charge in [-0.3, -0.25) is 4.79 Å². The van der Waals surface area contributed by atoms with Crippen LogP contribution < -0.4 is 10.1 Å². The van der Waals surface area contributed by atoms with Crippen molar-refractivity contribution in [1.82, 2.24) is 4.98 Å². The van der Waals surface area contributed by atoms with Crippen molar-refractivity contribution < 1.29 is 8.96 Å². The summed E-state index contributed by atoms with van der Waals surface area (Å²) in [5, 5.41) is 0.682. The molecule has 1 aromatic carbocycles. The van der Waals surface area contributed by atoms with E-state index < -0.39 is 11.4 Å². The molecule has 0 radical (unpaired) electrons. The van der Waals surface area contributed by atoms with Gasteiger partial charge >= 0.3 is 0 Å². The van der Waals surface area contributed by atoms with Crippen LogP contribution >= 0.6 is 0 Å². The Bertz CT molecular complexity index is 781. The van der Waals surface area contributed by atoms with Crippen LogP contribution in [0.3, 0.4) is 0 Å². The molecule has 4 heteroatoms. The Balaban J connectivity index is 2.02. The number of halogens is 1. The second kappa shape index (κ2) is 4.65. The minimum absolute atomic E-state index is 0.629. The third-order valence-electron chi connectivity index (χ3n) is 3.01. The molecule has 0 aliphatic carbocycles. The highest BCUT2D eigenvalue weighted by Gasteiger charge is 2.07. The molecule has 0 bridgehead atoms. The first-order valence-corrected chi connectivity index (χ1v) is 5.98. The van der Waals surface area contributed by atoms with Gasteiger partial charge in [-0.15, -0.1) is 0 Å². The van der Waals surface area contributed by atoms with Gasteiger partial charge in [0, 0.05) is 17.0 Å². The maximum Gasteiger partial charge on any atom is 0.284 e. The van der Waals surface area contributed by atoms with Gasteiger partial charge in [0.1, 0.15) is 5.52 Å². The third-order valence-corrected chi connectivity index (χ3v) is 3.01. The first-order valence-electron chi connectivity index (χ1n) is 5.98. The minimum atomic E-state index is -0.756. The predicted molar refractivity (Wildman–Crippen MR) is 70.3 cm³/mol. The van der Waals surface area contributed by atoms with E-state index >= 15 is 0 Å². The smallest absolute Gasteiger partial charge is 0.284 e. The Morgan fingerprint density at radius 1 is 1.16 bits per heavy atom. The highest BCUT2D eigenvalue weighted by Crippen LogP contribution is 2.07. The lowest BCUT2D eigenvalue weighted by Crippen LogP contribution is -2.33. The number of benzene rings is 1. The number of pyridine rings is 2. The average Bonchev–Trinajstić information content (AvgIpc) is 2.42. The van der Waals surface area contributed by atoms with E-state index in [0.29, 0.717) is 17.4 Å². The second-order valence-electron chi connectivity index (χ2n) is 4.42. The van der Waals surface area contributed by atoms with Crippen molar-refractivity contribution in [2.45, 2.75) is 6.54 Å². The fourth-order valence-electron chi connectivity index (χ4n) is 2.06. The van der Waals surface area contributed by atoms with Crippen LogP contribution in [0.25, 0.3) is 10.9 Å². The molecule has 0 amide bonds. The summed E-state index contributed by atoms with van der Waals surface area (Å²) < 4.78 is 15.1. The Morgan fingerprint density at radius 3 is 2.74 bits per heavy atom. The summed E-state index contributed by atoms with van der Waals surface area (Å²) in [6.45, 7) is 0.705. The van der Waals surface area contributed by atoms with Gasteiger partial charge in [0.25, 0.3) is 5.56 Å². The second-order valence-corrected chi connectivity index (χ2v) is 4.42. The molecule has 0 unspecified atom stereocenters. The highest BCUT2D eigenvalue weighted by molar-refractivity contribution is 5.76. The first kappa shape index (κ1) is 11.6. The summed E-state index contributed by atoms with van der Waals surface area (Å²) in [6.07, 6.45) is 3.68. The fourth-order valence-corrected chi connectivity index (χ4v) is 2.06. The number of fused-ring (bicyclic) bond motifs is 1. The van der Waals surface area contributed by atoms with E-state index in [0.717, 1.165) is 5.56 Å². The molecule has 0 aliphatic rings. The van der Waals surface area contributed by atoms with Crippen molar-refractivity contribution >= 4 is 10.9 Å². The molecule has 3 aromatic rings. The zero-order valence-corrected chi connectivity index (χ0v) is 10.1. The van der Waals surface area contributed by atoms with Crippen LogP contribution in [0.5, 0.6) is 0 Å². The van der Waals surface area contributed by atoms with E-state index in [1.807, 2.05) is 47.3 Å². The lowest BCUT2D eigenvalue weighted by molar-refractivity contribution is -0.687. The van der Waals surface area contributed by atoms with Crippen molar-refractivity contribution in [1.29, 1.82) is 0 Å². The summed E-state index contributed by atoms with van der Waals surface area (Å²) in [5.74, 6) is -0.756. The molecule has 0 fully saturated rings. The van der Waals surface area contributed by atoms with Gasteiger partial charge in [-0.1, -0.05) is 30.3 Å². The molecule has 0 atom stereocenters. The third kappa shape index (κ3) is 2.38. The summed E-state index contributed by atoms with van der Waals surface area (Å²) in [7, 11) is 0. The Hall–Kier alpha value is -2.49. The van der Waals surface area contributed by atoms with Crippen LogP contribution in [0.1, 0.15) is 5.56 Å². The monoisotopic (exact) mass is 255 g/mol. The van der Waals surface area contributed by atoms with Crippen molar-refractivity contribution in [2.24, 2.45) is 0 Å². The van der Waals surface area contributed by atoms with E-state index in [9.17, 15) is 9.18 Å². The van der Waals surface area contributed by atoms with E-state index in [4.69, 9.17) is 0 Å². The summed E-state index contributed by atoms with van der Waals surface area (Å²) in [5.41, 5.74) is 1.10. The first-order chi connectivity index (χ1) is 9.22. The number of hydrogen-bond acceptors (Lipinski definition) is 1. The molecular weight excluding hydrogens is 243 g/mol. The van der Waals surface area contributed by atoms with Crippen molar-refractivity contribution in [3.05, 3.63) is 76.6 Å². The lowest BCUT2D eigenvalue weighted by atomic mass is 10.2. The van der Waals surface area contributed by atoms with Crippen LogP contribution in [0.15, 0.2) is 59.7 Å². The zero-order valence-electron chi connectivity index (χ0n) is 10.1. The Kier molecular flexibility index (Phi) is 2.83. The van der Waals surface area contributed by atoms with Crippen molar-refractivity contribution in [3.63, 3.8) is 0 Å². The van der Waals surface area contributed by atoms with Gasteiger partial charge in [-0.25, -0.2) is 4.39 Å². The molecule has 0 aliphatic heterocycles. The van der Waals surface area contributed by atoms with Crippen LogP contribution in [0.2, 0.25) is 0 Å². The van der Waals surface area contributed by atoms with Gasteiger partial charge in [0.2, 0.25) is 0 Å². The molecule has 2 heterocycles. The number of rotatable bonds is 2. The maximum atomic E-state index is 13.1. The van der Waals surface area contributed by atoms with E-state index in [1.165, 1.54) is 6.07 Å². The molecule has 19 heavy (non-hydrogen) atoms. The number of hydrogen-bond donors (Lipinski definition) is 1. The van der Waals surface area contributed by atoms with Gasteiger partial charge < -0.3 is 4.98 Å². The molecule has 0 saturated heterocycles. The molecule has 2 aromatic heterocycles. The fraction of sp³-hybridized carbons (Fsp3) is 0.0667. The maximum absolute atomic E-state index is 13.1. The van der Waals surface area contributed by atoms with Gasteiger partial charge in [0.15, 0.2) is 24.8 Å². The SMILES string of the molecule is O=c1[nH]c2c[n+](Cc3ccccc3)ccc2cc1F. The number of aromatic nitrogens is 2. The van der Waals surface area contributed by atoms with Gasteiger partial charge in [-0.05, 0) is 6.07 Å². The Morgan fingerprint density at radius 2 is 1.95 bits per heavy atom. The molecule has 3 rings (SSSR count). The molecule has 0 spiro atoms. The number of H-pyrrole nitrogens is 1. The minimum Gasteiger partial charge on any atom is -0.314 e. The van der Waals surface area contributed by atoms with E-state index in [-0.39, 0.29) is 0 Å². The van der Waals surface area contributed by atoms with Gasteiger partial charge in [-0.2, -0.15) is 4.57 Å². The zero-order chi connectivity index (χ0) is 13.2. The quantitative estimate of drug-likeness (QED) is 0.699. The largest absolute Gasteiger partial charge is 0.314 e. The lowest BCUT2D eigenvalue weighted by Gasteiger charge is -2.00. The number of nitrogens with zero attached hydrogens (tertiary/aromatic N) is 1. The standard InChI is InChI=1S/C15H11FN2O/c16-13-8-12-6-7-18(10-14(12)17-15(13)19)9-11-4-2-1-3-5-11/h1-8,10H,9H2/p+1. The summed E-state index contributed by atoms with van der Waals surface area (Å²) in [4.78, 5) is 13.8. The van der Waals surface area contributed by atoms with Crippen LogP contribution in [0, 0.1) is 5.82 Å². The highest BCUT2D eigenvalue weighted by atomic mass is 19.1. The van der Waals surface area contributed by atoms with Crippen LogP contribution in [-0.2, 0) is 6.54 Å². The molecule has 94 valence electrons. The van der Waals surface area contributed by atoms with Crippen LogP contribution in [0.4, 0.5) is 4.39 Å². The number of nitrogens with one attached hydrogen (secondary N) is 1. The van der Waals surface area contributed by atoms with E-state index in [2.05, 4.69) is 4.98 Å². The molecule has 0 saturated carbocycles. The Labute approximate surface area is 109 Å². The van der Waals surface area contributed by atoms with Crippen molar-refractivity contribution in [3.8, 4) is 0 Å². The average molecular weight is 255 g/mol. The normalized spacial score (nSPS) is 10.8. The summed E-state index contributed by atoms with van der Waals surface area (Å²) >= 11 is 0. The van der Waals surface area contributed by atoms with Gasteiger partial charge in [0.05, 0.1) is 0 Å².